The molecule has 10 heteroatoms. The molecule has 1 aromatic carbocycles. The van der Waals surface area contributed by atoms with Crippen molar-refractivity contribution in [3.8, 4) is 5.75 Å². The van der Waals surface area contributed by atoms with Crippen molar-refractivity contribution in [1.29, 1.82) is 0 Å². The fourth-order valence-corrected chi connectivity index (χ4v) is 2.30. The molecule has 0 radical (unpaired) electrons. The van der Waals surface area contributed by atoms with E-state index in [1.807, 2.05) is 0 Å². The van der Waals surface area contributed by atoms with Gasteiger partial charge in [-0.3, -0.25) is 14.4 Å². The Morgan fingerprint density at radius 2 is 1.72 bits per heavy atom. The summed E-state index contributed by atoms with van der Waals surface area (Å²) in [6.45, 7) is 4.21. The number of nitrogens with one attached hydrogen (secondary N) is 2. The van der Waals surface area contributed by atoms with E-state index in [1.165, 1.54) is 26.3 Å². The van der Waals surface area contributed by atoms with Crippen molar-refractivity contribution in [3.05, 3.63) is 29.8 Å². The Bertz CT molecular complexity index is 758. The van der Waals surface area contributed by atoms with Gasteiger partial charge in [-0.05, 0) is 26.8 Å². The summed E-state index contributed by atoms with van der Waals surface area (Å²) in [6, 6.07) is 4.76. The lowest BCUT2D eigenvalue weighted by Crippen LogP contribution is -2.46. The van der Waals surface area contributed by atoms with Gasteiger partial charge in [0, 0.05) is 12.6 Å². The monoisotopic (exact) mass is 409 g/mol. The summed E-state index contributed by atoms with van der Waals surface area (Å²) >= 11 is 0. The number of alkyl carbamates (subject to hydrolysis) is 1. The van der Waals surface area contributed by atoms with Gasteiger partial charge in [0.1, 0.15) is 30.5 Å². The number of carbonyl (C=O) groups is 4. The zero-order valence-corrected chi connectivity index (χ0v) is 17.1. The Morgan fingerprint density at radius 3 is 2.28 bits per heavy atom. The summed E-state index contributed by atoms with van der Waals surface area (Å²) in [5, 5.41) is 14.8. The Kier molecular flexibility index (Phi) is 8.43. The molecular weight excluding hydrogens is 382 g/mol. The first kappa shape index (κ1) is 23.7. The number of benzene rings is 1. The minimum Gasteiger partial charge on any atom is -0.508 e. The van der Waals surface area contributed by atoms with Gasteiger partial charge >= 0.3 is 12.1 Å². The molecule has 3 N–H and O–H groups in total. The van der Waals surface area contributed by atoms with Crippen LogP contribution in [0.3, 0.4) is 0 Å². The van der Waals surface area contributed by atoms with Crippen LogP contribution in [0.2, 0.25) is 0 Å². The van der Waals surface area contributed by atoms with Gasteiger partial charge in [0.05, 0.1) is 7.11 Å². The number of hydrogen-bond acceptors (Lipinski definition) is 7. The molecule has 1 rings (SSSR count). The van der Waals surface area contributed by atoms with E-state index >= 15 is 0 Å². The molecule has 29 heavy (non-hydrogen) atoms. The fourth-order valence-electron chi connectivity index (χ4n) is 2.30. The predicted octanol–water partition coefficient (Wildman–Crippen LogP) is 0.706. The number of ether oxygens (including phenoxy) is 2. The summed E-state index contributed by atoms with van der Waals surface area (Å²) in [5.41, 5.74) is -0.575. The Hall–Kier alpha value is -3.30. The van der Waals surface area contributed by atoms with Crippen molar-refractivity contribution in [3.63, 3.8) is 0 Å². The Morgan fingerprint density at radius 1 is 1.10 bits per heavy atom. The van der Waals surface area contributed by atoms with E-state index in [1.54, 1.807) is 32.9 Å². The number of nitrogens with zero attached hydrogens (tertiary/aromatic N) is 1. The molecule has 1 atom stereocenters. The number of phenols is 1. The normalized spacial score (nSPS) is 11.8. The van der Waals surface area contributed by atoms with Gasteiger partial charge in [-0.2, -0.15) is 0 Å². The molecule has 0 aliphatic rings. The Balaban J connectivity index is 2.95. The summed E-state index contributed by atoms with van der Waals surface area (Å²) in [7, 11) is 2.51. The summed E-state index contributed by atoms with van der Waals surface area (Å²) < 4.78 is 9.54. The van der Waals surface area contributed by atoms with Crippen molar-refractivity contribution in [2.45, 2.75) is 32.4 Å². The molecule has 0 saturated heterocycles. The van der Waals surface area contributed by atoms with E-state index in [9.17, 15) is 24.3 Å². The molecule has 0 aliphatic carbocycles. The third kappa shape index (κ3) is 7.68. The van der Waals surface area contributed by atoms with Crippen LogP contribution in [0.4, 0.5) is 4.79 Å². The average molecular weight is 409 g/mol. The molecule has 0 bridgehead atoms. The second-order valence-electron chi connectivity index (χ2n) is 7.12. The number of para-hydroxylation sites is 1. The van der Waals surface area contributed by atoms with Crippen LogP contribution < -0.4 is 10.6 Å². The number of likely N-dealkylation sites (N-methyl/N-ethyl adjacent to an activating group) is 1. The zero-order chi connectivity index (χ0) is 22.2. The molecule has 1 aromatic rings. The quantitative estimate of drug-likeness (QED) is 0.565. The van der Waals surface area contributed by atoms with Gasteiger partial charge < -0.3 is 30.1 Å². The maximum atomic E-state index is 12.7. The highest BCUT2D eigenvalue weighted by Gasteiger charge is 2.31. The van der Waals surface area contributed by atoms with E-state index in [2.05, 4.69) is 15.4 Å². The lowest BCUT2D eigenvalue weighted by atomic mass is 10.0. The maximum Gasteiger partial charge on any atom is 0.408 e. The molecule has 10 nitrogen and oxygen atoms in total. The van der Waals surface area contributed by atoms with E-state index < -0.39 is 48.6 Å². The second kappa shape index (κ2) is 10.3. The summed E-state index contributed by atoms with van der Waals surface area (Å²) in [4.78, 5) is 49.3. The molecule has 0 saturated carbocycles. The van der Waals surface area contributed by atoms with E-state index in [0.29, 0.717) is 0 Å². The van der Waals surface area contributed by atoms with Crippen molar-refractivity contribution in [2.75, 3.05) is 27.2 Å². The van der Waals surface area contributed by atoms with Crippen LogP contribution in [0.5, 0.6) is 5.75 Å². The number of hydrogen-bond donors (Lipinski definition) is 3. The molecule has 3 amide bonds. The highest BCUT2D eigenvalue weighted by atomic mass is 16.6. The zero-order valence-electron chi connectivity index (χ0n) is 17.1. The van der Waals surface area contributed by atoms with Crippen molar-refractivity contribution >= 4 is 23.9 Å². The smallest absolute Gasteiger partial charge is 0.408 e. The van der Waals surface area contributed by atoms with Crippen LogP contribution in [0, 0.1) is 0 Å². The molecule has 0 heterocycles. The fraction of sp³-hybridized carbons (Fsp3) is 0.474. The molecule has 0 aromatic heterocycles. The van der Waals surface area contributed by atoms with Crippen molar-refractivity contribution in [2.24, 2.45) is 0 Å². The third-order valence-corrected chi connectivity index (χ3v) is 3.68. The van der Waals surface area contributed by atoms with Crippen LogP contribution in [0.15, 0.2) is 24.3 Å². The predicted molar refractivity (Wildman–Crippen MR) is 103 cm³/mol. The molecule has 0 spiro atoms. The largest absolute Gasteiger partial charge is 0.508 e. The number of carbonyl (C=O) groups excluding carboxylic acids is 4. The van der Waals surface area contributed by atoms with Gasteiger partial charge in [-0.15, -0.1) is 0 Å². The minimum absolute atomic E-state index is 0.156. The van der Waals surface area contributed by atoms with E-state index in [-0.39, 0.29) is 11.3 Å². The van der Waals surface area contributed by atoms with Crippen molar-refractivity contribution in [1.82, 2.24) is 15.5 Å². The standard InChI is InChI=1S/C19H27N3O7/c1-19(2,3)29-18(27)21-10-14(24)22(4)16(12-8-6-7-9-13(12)23)17(26)20-11-15(25)28-5/h6-9,16,23H,10-11H2,1-5H3,(H,20,26)(H,21,27). The lowest BCUT2D eigenvalue weighted by Gasteiger charge is -2.28. The summed E-state index contributed by atoms with van der Waals surface area (Å²) in [5.74, 6) is -2.19. The molecule has 0 aliphatic heterocycles. The maximum absolute atomic E-state index is 12.7. The highest BCUT2D eigenvalue weighted by molar-refractivity contribution is 5.92. The van der Waals surface area contributed by atoms with Crippen molar-refractivity contribution < 1.29 is 33.8 Å². The van der Waals surface area contributed by atoms with Gasteiger partial charge in [-0.25, -0.2) is 4.79 Å². The number of aromatic hydroxyl groups is 1. The number of methoxy groups -OCH3 is 1. The van der Waals surface area contributed by atoms with Crippen LogP contribution in [0.25, 0.3) is 0 Å². The Labute approximate surface area is 169 Å². The molecule has 1 unspecified atom stereocenters. The first-order chi connectivity index (χ1) is 13.5. The van der Waals surface area contributed by atoms with E-state index in [4.69, 9.17) is 4.74 Å². The van der Waals surface area contributed by atoms with Crippen LogP contribution >= 0.6 is 0 Å². The van der Waals surface area contributed by atoms with Crippen LogP contribution in [0.1, 0.15) is 32.4 Å². The van der Waals surface area contributed by atoms with Gasteiger partial charge in [-0.1, -0.05) is 18.2 Å². The topological polar surface area (TPSA) is 134 Å². The van der Waals surface area contributed by atoms with Crippen LogP contribution in [-0.2, 0) is 23.9 Å². The van der Waals surface area contributed by atoms with Gasteiger partial charge in [0.15, 0.2) is 0 Å². The number of amides is 3. The number of phenolic OH excluding ortho intramolecular Hbond substituents is 1. The molecule has 0 fully saturated rings. The highest BCUT2D eigenvalue weighted by Crippen LogP contribution is 2.28. The van der Waals surface area contributed by atoms with Gasteiger partial charge in [0.2, 0.25) is 11.8 Å². The number of rotatable bonds is 7. The first-order valence-corrected chi connectivity index (χ1v) is 8.81. The third-order valence-electron chi connectivity index (χ3n) is 3.68. The van der Waals surface area contributed by atoms with Crippen LogP contribution in [-0.4, -0.2) is 66.7 Å². The van der Waals surface area contributed by atoms with E-state index in [0.717, 1.165) is 4.90 Å². The molecule has 160 valence electrons. The molecular formula is C19H27N3O7. The van der Waals surface area contributed by atoms with Gasteiger partial charge in [0.25, 0.3) is 0 Å². The lowest BCUT2D eigenvalue weighted by molar-refractivity contribution is -0.143. The summed E-state index contributed by atoms with van der Waals surface area (Å²) in [6.07, 6.45) is -0.784. The average Bonchev–Trinajstić information content (AvgIpc) is 2.64. The SMILES string of the molecule is COC(=O)CNC(=O)C(c1ccccc1O)N(C)C(=O)CNC(=O)OC(C)(C)C. The second-order valence-corrected chi connectivity index (χ2v) is 7.12. The number of esters is 1. The first-order valence-electron chi connectivity index (χ1n) is 8.81. The minimum atomic E-state index is -1.24.